The number of para-hydroxylation sites is 2. The monoisotopic (exact) mass is 491 g/mol. The molecule has 1 amide bonds. The van der Waals surface area contributed by atoms with Crippen molar-refractivity contribution in [1.29, 1.82) is 0 Å². The van der Waals surface area contributed by atoms with E-state index in [1.54, 1.807) is 13.2 Å². The van der Waals surface area contributed by atoms with Crippen molar-refractivity contribution in [3.63, 3.8) is 0 Å². The Balaban J connectivity index is 1.56. The predicted octanol–water partition coefficient (Wildman–Crippen LogP) is 4.05. The van der Waals surface area contributed by atoms with Crippen LogP contribution in [-0.2, 0) is 21.2 Å². The number of fused-ring (bicyclic) bond motifs is 1. The van der Waals surface area contributed by atoms with Crippen LogP contribution in [0.4, 0.5) is 17.3 Å². The second-order valence-electron chi connectivity index (χ2n) is 7.75. The van der Waals surface area contributed by atoms with Crippen LogP contribution in [0, 0.1) is 0 Å². The molecule has 0 aliphatic rings. The van der Waals surface area contributed by atoms with Gasteiger partial charge in [0.05, 0.1) is 23.0 Å². The summed E-state index contributed by atoms with van der Waals surface area (Å²) in [6, 6.07) is 20.8. The molecule has 0 unspecified atom stereocenters. The molecule has 4 aromatic rings. The lowest BCUT2D eigenvalue weighted by molar-refractivity contribution is -0.114. The van der Waals surface area contributed by atoms with E-state index < -0.39 is 10.0 Å². The van der Waals surface area contributed by atoms with E-state index in [4.69, 9.17) is 4.74 Å². The quantitative estimate of drug-likeness (QED) is 0.323. The number of nitrogens with one attached hydrogen (secondary N) is 3. The van der Waals surface area contributed by atoms with Gasteiger partial charge in [-0.05, 0) is 60.5 Å². The molecule has 0 radical (unpaired) electrons. The third-order valence-corrected chi connectivity index (χ3v) is 6.51. The van der Waals surface area contributed by atoms with E-state index in [1.807, 2.05) is 42.5 Å². The van der Waals surface area contributed by atoms with E-state index in [-0.39, 0.29) is 16.6 Å². The van der Waals surface area contributed by atoms with Crippen LogP contribution in [0.2, 0.25) is 0 Å². The highest BCUT2D eigenvalue weighted by molar-refractivity contribution is 7.92. The van der Waals surface area contributed by atoms with Crippen molar-refractivity contribution in [2.24, 2.45) is 0 Å². The summed E-state index contributed by atoms with van der Waals surface area (Å²) >= 11 is 0. The van der Waals surface area contributed by atoms with Gasteiger partial charge in [0.1, 0.15) is 5.75 Å². The fraction of sp³-hybridized carbons (Fsp3) is 0.160. The molecule has 3 aromatic carbocycles. The number of aromatic nitrogens is 2. The first-order chi connectivity index (χ1) is 16.8. The van der Waals surface area contributed by atoms with Crippen LogP contribution in [0.25, 0.3) is 11.0 Å². The summed E-state index contributed by atoms with van der Waals surface area (Å²) in [6.45, 7) is 1.90. The van der Waals surface area contributed by atoms with Gasteiger partial charge in [-0.2, -0.15) is 0 Å². The smallest absolute Gasteiger partial charge is 0.263 e. The van der Waals surface area contributed by atoms with Gasteiger partial charge in [0.25, 0.3) is 10.0 Å². The van der Waals surface area contributed by atoms with Crippen LogP contribution >= 0.6 is 0 Å². The maximum atomic E-state index is 13.1. The molecule has 35 heavy (non-hydrogen) atoms. The molecule has 0 fully saturated rings. The average Bonchev–Trinajstić information content (AvgIpc) is 2.84. The van der Waals surface area contributed by atoms with E-state index in [2.05, 4.69) is 25.3 Å². The van der Waals surface area contributed by atoms with Gasteiger partial charge in [-0.3, -0.25) is 9.52 Å². The summed E-state index contributed by atoms with van der Waals surface area (Å²) in [6.07, 6.45) is 0.690. The van der Waals surface area contributed by atoms with Crippen molar-refractivity contribution in [1.82, 2.24) is 9.97 Å². The number of anilines is 3. The number of rotatable bonds is 9. The van der Waals surface area contributed by atoms with Gasteiger partial charge in [0.2, 0.25) is 5.91 Å². The van der Waals surface area contributed by atoms with E-state index in [1.165, 1.54) is 31.2 Å². The molecule has 0 saturated heterocycles. The van der Waals surface area contributed by atoms with Crippen molar-refractivity contribution >= 4 is 44.3 Å². The molecule has 0 bridgehead atoms. The molecule has 0 aliphatic carbocycles. The average molecular weight is 492 g/mol. The normalized spacial score (nSPS) is 11.1. The third-order valence-electron chi connectivity index (χ3n) is 5.15. The highest BCUT2D eigenvalue weighted by atomic mass is 32.2. The zero-order valence-corrected chi connectivity index (χ0v) is 20.1. The zero-order valence-electron chi connectivity index (χ0n) is 19.3. The standard InChI is InChI=1S/C25H25N5O4S/c1-17(31)27-19-9-13-21(14-10-19)35(32,33)30-25-24(28-22-5-3-4-6-23(22)29-25)26-16-15-18-7-11-20(34-2)12-8-18/h3-14H,15-16H2,1-2H3,(H,26,28)(H,27,31)(H,29,30). The van der Waals surface area contributed by atoms with Gasteiger partial charge in [-0.1, -0.05) is 24.3 Å². The molecule has 1 heterocycles. The fourth-order valence-electron chi connectivity index (χ4n) is 3.42. The molecule has 3 N–H and O–H groups in total. The first-order valence-electron chi connectivity index (χ1n) is 10.9. The van der Waals surface area contributed by atoms with Crippen LogP contribution < -0.4 is 20.1 Å². The summed E-state index contributed by atoms with van der Waals surface area (Å²) < 4.78 is 33.9. The Morgan fingerprint density at radius 1 is 0.886 bits per heavy atom. The number of carbonyl (C=O) groups is 1. The number of ether oxygens (including phenoxy) is 1. The van der Waals surface area contributed by atoms with Gasteiger partial charge in [0.15, 0.2) is 11.6 Å². The number of hydrogen-bond acceptors (Lipinski definition) is 7. The van der Waals surface area contributed by atoms with E-state index in [0.29, 0.717) is 35.5 Å². The molecule has 4 rings (SSSR count). The largest absolute Gasteiger partial charge is 0.497 e. The molecule has 0 saturated carbocycles. The number of carbonyl (C=O) groups excluding carboxylic acids is 1. The number of sulfonamides is 1. The number of amides is 1. The van der Waals surface area contributed by atoms with Crippen molar-refractivity contribution in [3.8, 4) is 5.75 Å². The Kier molecular flexibility index (Phi) is 7.11. The highest BCUT2D eigenvalue weighted by Gasteiger charge is 2.19. The molecule has 0 atom stereocenters. The molecular formula is C25H25N5O4S. The molecular weight excluding hydrogens is 466 g/mol. The predicted molar refractivity (Wildman–Crippen MR) is 136 cm³/mol. The van der Waals surface area contributed by atoms with E-state index >= 15 is 0 Å². The van der Waals surface area contributed by atoms with Crippen LogP contribution in [0.1, 0.15) is 12.5 Å². The van der Waals surface area contributed by atoms with Gasteiger partial charge >= 0.3 is 0 Å². The van der Waals surface area contributed by atoms with Gasteiger partial charge in [-0.25, -0.2) is 18.4 Å². The number of benzene rings is 3. The van der Waals surface area contributed by atoms with Crippen molar-refractivity contribution in [2.45, 2.75) is 18.2 Å². The van der Waals surface area contributed by atoms with Gasteiger partial charge in [0, 0.05) is 19.2 Å². The van der Waals surface area contributed by atoms with Gasteiger partial charge in [-0.15, -0.1) is 0 Å². The summed E-state index contributed by atoms with van der Waals surface area (Å²) in [4.78, 5) is 20.3. The Bertz CT molecular complexity index is 1440. The summed E-state index contributed by atoms with van der Waals surface area (Å²) in [5.74, 6) is 0.972. The Hall–Kier alpha value is -4.18. The van der Waals surface area contributed by atoms with Crippen LogP contribution in [-0.4, -0.2) is 37.9 Å². The van der Waals surface area contributed by atoms with Crippen LogP contribution in [0.3, 0.4) is 0 Å². The summed E-state index contributed by atoms with van der Waals surface area (Å²) in [5, 5.41) is 5.82. The lowest BCUT2D eigenvalue weighted by Crippen LogP contribution is -2.17. The molecule has 0 spiro atoms. The van der Waals surface area contributed by atoms with Crippen LogP contribution in [0.5, 0.6) is 5.75 Å². The minimum Gasteiger partial charge on any atom is -0.497 e. The SMILES string of the molecule is COc1ccc(CCNc2nc3ccccc3nc2NS(=O)(=O)c2ccc(NC(C)=O)cc2)cc1. The Labute approximate surface area is 203 Å². The summed E-state index contributed by atoms with van der Waals surface area (Å²) in [5.41, 5.74) is 2.80. The second kappa shape index (κ2) is 10.4. The first-order valence-corrected chi connectivity index (χ1v) is 12.4. The molecule has 10 heteroatoms. The summed E-state index contributed by atoms with van der Waals surface area (Å²) in [7, 11) is -2.33. The molecule has 180 valence electrons. The minimum atomic E-state index is -3.95. The molecule has 0 aliphatic heterocycles. The van der Waals surface area contributed by atoms with E-state index in [9.17, 15) is 13.2 Å². The van der Waals surface area contributed by atoms with Crippen molar-refractivity contribution < 1.29 is 17.9 Å². The highest BCUT2D eigenvalue weighted by Crippen LogP contribution is 2.25. The Morgan fingerprint density at radius 2 is 1.51 bits per heavy atom. The lowest BCUT2D eigenvalue weighted by Gasteiger charge is -2.14. The lowest BCUT2D eigenvalue weighted by atomic mass is 10.1. The first kappa shape index (κ1) is 24.0. The minimum absolute atomic E-state index is 0.0331. The van der Waals surface area contributed by atoms with Crippen molar-refractivity contribution in [2.75, 3.05) is 29.0 Å². The number of nitrogens with zero attached hydrogens (tertiary/aromatic N) is 2. The fourth-order valence-corrected chi connectivity index (χ4v) is 4.43. The molecule has 9 nitrogen and oxygen atoms in total. The van der Waals surface area contributed by atoms with Gasteiger partial charge < -0.3 is 15.4 Å². The second-order valence-corrected chi connectivity index (χ2v) is 9.43. The van der Waals surface area contributed by atoms with Crippen LogP contribution in [0.15, 0.2) is 77.7 Å². The maximum Gasteiger partial charge on any atom is 0.263 e. The number of methoxy groups -OCH3 is 1. The Morgan fingerprint density at radius 3 is 2.11 bits per heavy atom. The molecule has 1 aromatic heterocycles. The third kappa shape index (κ3) is 6.04. The topological polar surface area (TPSA) is 122 Å². The zero-order chi connectivity index (χ0) is 24.8. The van der Waals surface area contributed by atoms with E-state index in [0.717, 1.165) is 11.3 Å². The maximum absolute atomic E-state index is 13.1. The van der Waals surface area contributed by atoms with Crippen molar-refractivity contribution in [3.05, 3.63) is 78.4 Å². The number of hydrogen-bond donors (Lipinski definition) is 3.